The van der Waals surface area contributed by atoms with Crippen molar-refractivity contribution < 1.29 is 4.39 Å². The van der Waals surface area contributed by atoms with Crippen molar-refractivity contribution in [3.05, 3.63) is 65.6 Å². The van der Waals surface area contributed by atoms with Crippen LogP contribution in [0.15, 0.2) is 48.7 Å². The lowest BCUT2D eigenvalue weighted by atomic mass is 9.87. The van der Waals surface area contributed by atoms with Gasteiger partial charge in [0.1, 0.15) is 5.82 Å². The minimum atomic E-state index is -0.190. The number of fused-ring (bicyclic) bond motifs is 1. The average Bonchev–Trinajstić information content (AvgIpc) is 2.88. The molecule has 1 atom stereocenters. The largest absolute Gasteiger partial charge is 0.397 e. The summed E-state index contributed by atoms with van der Waals surface area (Å²) in [7, 11) is 2.03. The van der Waals surface area contributed by atoms with E-state index in [9.17, 15) is 4.39 Å². The Kier molecular flexibility index (Phi) is 4.37. The molecule has 0 saturated heterocycles. The fourth-order valence-corrected chi connectivity index (χ4v) is 3.41. The molecule has 0 amide bonds. The zero-order chi connectivity index (χ0) is 16.4. The molecular formula is C20H23FN2. The van der Waals surface area contributed by atoms with Gasteiger partial charge in [0, 0.05) is 24.5 Å². The van der Waals surface area contributed by atoms with Crippen molar-refractivity contribution in [1.82, 2.24) is 4.57 Å². The fourth-order valence-electron chi connectivity index (χ4n) is 3.41. The molecule has 0 aliphatic rings. The first-order valence-corrected chi connectivity index (χ1v) is 8.20. The third-order valence-corrected chi connectivity index (χ3v) is 4.56. The van der Waals surface area contributed by atoms with Crippen molar-refractivity contribution in [2.75, 3.05) is 5.73 Å². The van der Waals surface area contributed by atoms with Crippen molar-refractivity contribution in [1.29, 1.82) is 0 Å². The molecule has 2 aromatic carbocycles. The number of nitrogen functional groups attached to an aromatic ring is 1. The molecule has 3 heteroatoms. The summed E-state index contributed by atoms with van der Waals surface area (Å²) in [4.78, 5) is 0. The molecule has 120 valence electrons. The highest BCUT2D eigenvalue weighted by molar-refractivity contribution is 5.93. The molecule has 0 bridgehead atoms. The van der Waals surface area contributed by atoms with Gasteiger partial charge in [-0.15, -0.1) is 0 Å². The number of anilines is 1. The molecular weight excluding hydrogens is 287 g/mol. The van der Waals surface area contributed by atoms with Crippen LogP contribution in [-0.4, -0.2) is 4.57 Å². The third kappa shape index (κ3) is 2.96. The SMILES string of the molecule is CCCCC(c1ccc(F)cc1)c1cn(C)c2c(N)cccc12. The number of hydrogen-bond acceptors (Lipinski definition) is 1. The minimum Gasteiger partial charge on any atom is -0.397 e. The molecule has 0 aliphatic carbocycles. The van der Waals surface area contributed by atoms with Gasteiger partial charge in [-0.2, -0.15) is 0 Å². The maximum absolute atomic E-state index is 13.3. The van der Waals surface area contributed by atoms with Crippen LogP contribution in [0.25, 0.3) is 10.9 Å². The standard InChI is InChI=1S/C20H23FN2/c1-3-4-6-16(14-9-11-15(21)12-10-14)18-13-23(2)20-17(18)7-5-8-19(20)22/h5,7-13,16H,3-4,6,22H2,1-2H3. The van der Waals surface area contributed by atoms with E-state index in [1.165, 1.54) is 10.9 Å². The van der Waals surface area contributed by atoms with Gasteiger partial charge in [0.05, 0.1) is 11.2 Å². The number of nitrogens with two attached hydrogens (primary N) is 1. The number of unbranched alkanes of at least 4 members (excludes halogenated alkanes) is 1. The van der Waals surface area contributed by atoms with Crippen LogP contribution in [0.3, 0.4) is 0 Å². The maximum Gasteiger partial charge on any atom is 0.123 e. The summed E-state index contributed by atoms with van der Waals surface area (Å²) in [5, 5.41) is 1.19. The number of para-hydroxylation sites is 1. The van der Waals surface area contributed by atoms with Crippen molar-refractivity contribution in [2.45, 2.75) is 32.1 Å². The Labute approximate surface area is 136 Å². The van der Waals surface area contributed by atoms with Gasteiger partial charge in [-0.1, -0.05) is 44.0 Å². The number of halogens is 1. The van der Waals surface area contributed by atoms with Crippen LogP contribution in [0.4, 0.5) is 10.1 Å². The lowest BCUT2D eigenvalue weighted by Crippen LogP contribution is -2.01. The molecule has 1 heterocycles. The van der Waals surface area contributed by atoms with Crippen LogP contribution in [0.5, 0.6) is 0 Å². The molecule has 0 saturated carbocycles. The number of hydrogen-bond donors (Lipinski definition) is 1. The number of nitrogens with zero attached hydrogens (tertiary/aromatic N) is 1. The molecule has 0 aliphatic heterocycles. The van der Waals surface area contributed by atoms with Crippen molar-refractivity contribution in [2.24, 2.45) is 7.05 Å². The third-order valence-electron chi connectivity index (χ3n) is 4.56. The van der Waals surface area contributed by atoms with Gasteiger partial charge in [-0.05, 0) is 35.7 Å². The van der Waals surface area contributed by atoms with E-state index >= 15 is 0 Å². The number of aromatic nitrogens is 1. The Morgan fingerprint density at radius 1 is 1.13 bits per heavy atom. The number of rotatable bonds is 5. The van der Waals surface area contributed by atoms with Gasteiger partial charge in [0.25, 0.3) is 0 Å². The van der Waals surface area contributed by atoms with Gasteiger partial charge in [-0.3, -0.25) is 0 Å². The Balaban J connectivity index is 2.13. The zero-order valence-electron chi connectivity index (χ0n) is 13.7. The van der Waals surface area contributed by atoms with Crippen molar-refractivity contribution in [3.63, 3.8) is 0 Å². The molecule has 0 spiro atoms. The zero-order valence-corrected chi connectivity index (χ0v) is 13.7. The molecule has 23 heavy (non-hydrogen) atoms. The Hall–Kier alpha value is -2.29. The van der Waals surface area contributed by atoms with E-state index in [1.807, 2.05) is 31.3 Å². The first-order valence-electron chi connectivity index (χ1n) is 8.20. The fraction of sp³-hybridized carbons (Fsp3) is 0.300. The van der Waals surface area contributed by atoms with Crippen LogP contribution >= 0.6 is 0 Å². The number of aryl methyl sites for hydroxylation is 1. The predicted octanol–water partition coefficient (Wildman–Crippen LogP) is 5.22. The van der Waals surface area contributed by atoms with E-state index in [-0.39, 0.29) is 11.7 Å². The van der Waals surface area contributed by atoms with Crippen LogP contribution in [0.1, 0.15) is 43.2 Å². The van der Waals surface area contributed by atoms with Crippen LogP contribution < -0.4 is 5.73 Å². The first kappa shape index (κ1) is 15.6. The minimum absolute atomic E-state index is 0.190. The van der Waals surface area contributed by atoms with E-state index in [0.717, 1.165) is 36.0 Å². The monoisotopic (exact) mass is 310 g/mol. The van der Waals surface area contributed by atoms with Crippen molar-refractivity contribution >= 4 is 16.6 Å². The summed E-state index contributed by atoms with van der Waals surface area (Å²) in [6.45, 7) is 2.20. The molecule has 3 aromatic rings. The normalized spacial score (nSPS) is 12.7. The molecule has 1 aromatic heterocycles. The summed E-state index contributed by atoms with van der Waals surface area (Å²) in [6.07, 6.45) is 5.51. The Morgan fingerprint density at radius 2 is 1.87 bits per heavy atom. The van der Waals surface area contributed by atoms with Gasteiger partial charge < -0.3 is 10.3 Å². The van der Waals surface area contributed by atoms with E-state index in [0.29, 0.717) is 0 Å². The average molecular weight is 310 g/mol. The van der Waals surface area contributed by atoms with Crippen LogP contribution in [0, 0.1) is 5.82 Å². The molecule has 2 N–H and O–H groups in total. The van der Waals surface area contributed by atoms with Crippen LogP contribution in [-0.2, 0) is 7.05 Å². The summed E-state index contributed by atoms with van der Waals surface area (Å²) in [5.74, 6) is 0.0752. The van der Waals surface area contributed by atoms with E-state index in [4.69, 9.17) is 5.73 Å². The lowest BCUT2D eigenvalue weighted by Gasteiger charge is -2.17. The molecule has 0 radical (unpaired) electrons. The predicted molar refractivity (Wildman–Crippen MR) is 95.1 cm³/mol. The smallest absolute Gasteiger partial charge is 0.123 e. The summed E-state index contributed by atoms with van der Waals surface area (Å²) in [6, 6.07) is 13.0. The van der Waals surface area contributed by atoms with Crippen molar-refractivity contribution in [3.8, 4) is 0 Å². The van der Waals surface area contributed by atoms with E-state index in [2.05, 4.69) is 23.8 Å². The maximum atomic E-state index is 13.3. The molecule has 3 rings (SSSR count). The van der Waals surface area contributed by atoms with Gasteiger partial charge >= 0.3 is 0 Å². The summed E-state index contributed by atoms with van der Waals surface area (Å²) in [5.41, 5.74) is 10.5. The Bertz CT molecular complexity index is 802. The lowest BCUT2D eigenvalue weighted by molar-refractivity contribution is 0.621. The molecule has 2 nitrogen and oxygen atoms in total. The molecule has 1 unspecified atom stereocenters. The van der Waals surface area contributed by atoms with E-state index in [1.54, 1.807) is 12.1 Å². The van der Waals surface area contributed by atoms with E-state index < -0.39 is 0 Å². The highest BCUT2D eigenvalue weighted by atomic mass is 19.1. The summed E-state index contributed by atoms with van der Waals surface area (Å²) >= 11 is 0. The second-order valence-electron chi connectivity index (χ2n) is 6.19. The van der Waals surface area contributed by atoms with Gasteiger partial charge in [0.2, 0.25) is 0 Å². The van der Waals surface area contributed by atoms with Gasteiger partial charge in [0.15, 0.2) is 0 Å². The second-order valence-corrected chi connectivity index (χ2v) is 6.19. The molecule has 0 fully saturated rings. The Morgan fingerprint density at radius 3 is 2.57 bits per heavy atom. The van der Waals surface area contributed by atoms with Gasteiger partial charge in [-0.25, -0.2) is 4.39 Å². The quantitative estimate of drug-likeness (QED) is 0.643. The van der Waals surface area contributed by atoms with Crippen LogP contribution in [0.2, 0.25) is 0 Å². The number of benzene rings is 2. The topological polar surface area (TPSA) is 30.9 Å². The highest BCUT2D eigenvalue weighted by Gasteiger charge is 2.19. The second kappa shape index (κ2) is 6.45. The first-order chi connectivity index (χ1) is 11.1. The highest BCUT2D eigenvalue weighted by Crippen LogP contribution is 2.37. The summed E-state index contributed by atoms with van der Waals surface area (Å²) < 4.78 is 15.4.